The Balaban J connectivity index is 1.79. The number of ether oxygens (including phenoxy) is 1. The molecular formula is C15H15N3O2S2. The highest BCUT2D eigenvalue weighted by Crippen LogP contribution is 2.28. The van der Waals surface area contributed by atoms with E-state index in [1.165, 1.54) is 6.92 Å². The normalized spacial score (nSPS) is 11.0. The summed E-state index contributed by atoms with van der Waals surface area (Å²) in [4.78, 5) is 20.1. The standard InChI is InChI=1S/C15H15N3O2S2/c1-10-3-4-12(16-5-10)6-22-15-17-13-7-21-8-14(13)18(15)9-20-11(2)19/h3-5,7-8H,6,9H2,1-2H3. The van der Waals surface area contributed by atoms with Crippen molar-refractivity contribution < 1.29 is 9.53 Å². The summed E-state index contributed by atoms with van der Waals surface area (Å²) in [5.74, 6) is 0.428. The van der Waals surface area contributed by atoms with Crippen LogP contribution in [0.25, 0.3) is 11.0 Å². The fourth-order valence-electron chi connectivity index (χ4n) is 1.95. The Morgan fingerprint density at radius 1 is 1.41 bits per heavy atom. The van der Waals surface area contributed by atoms with Gasteiger partial charge in [0.25, 0.3) is 0 Å². The first kappa shape index (κ1) is 15.1. The Labute approximate surface area is 136 Å². The summed E-state index contributed by atoms with van der Waals surface area (Å²) in [7, 11) is 0. The van der Waals surface area contributed by atoms with Crippen molar-refractivity contribution in [3.8, 4) is 0 Å². The average molecular weight is 333 g/mol. The van der Waals surface area contributed by atoms with Crippen LogP contribution in [-0.4, -0.2) is 20.5 Å². The van der Waals surface area contributed by atoms with Crippen molar-refractivity contribution in [2.75, 3.05) is 0 Å². The van der Waals surface area contributed by atoms with E-state index in [4.69, 9.17) is 4.74 Å². The number of aryl methyl sites for hydroxylation is 1. The molecule has 114 valence electrons. The van der Waals surface area contributed by atoms with E-state index in [0.29, 0.717) is 0 Å². The molecule has 0 atom stereocenters. The highest BCUT2D eigenvalue weighted by molar-refractivity contribution is 7.98. The molecule has 0 unspecified atom stereocenters. The average Bonchev–Trinajstić information content (AvgIpc) is 3.05. The van der Waals surface area contributed by atoms with Gasteiger partial charge in [-0.15, -0.1) is 11.3 Å². The van der Waals surface area contributed by atoms with Crippen LogP contribution in [0.4, 0.5) is 0 Å². The molecule has 0 N–H and O–H groups in total. The van der Waals surface area contributed by atoms with Gasteiger partial charge in [-0.2, -0.15) is 0 Å². The summed E-state index contributed by atoms with van der Waals surface area (Å²) >= 11 is 3.18. The molecule has 0 aliphatic rings. The van der Waals surface area contributed by atoms with Crippen molar-refractivity contribution in [2.24, 2.45) is 0 Å². The molecule has 0 aliphatic carbocycles. The second-order valence-electron chi connectivity index (χ2n) is 4.85. The quantitative estimate of drug-likeness (QED) is 0.527. The number of nitrogens with zero attached hydrogens (tertiary/aromatic N) is 3. The van der Waals surface area contributed by atoms with Gasteiger partial charge in [0, 0.05) is 29.6 Å². The van der Waals surface area contributed by atoms with E-state index < -0.39 is 0 Å². The van der Waals surface area contributed by atoms with Crippen LogP contribution in [0.3, 0.4) is 0 Å². The van der Waals surface area contributed by atoms with E-state index in [2.05, 4.69) is 9.97 Å². The number of rotatable bonds is 5. The molecule has 3 aromatic rings. The molecule has 0 fully saturated rings. The van der Waals surface area contributed by atoms with E-state index in [1.807, 2.05) is 40.6 Å². The molecule has 3 aromatic heterocycles. The first-order chi connectivity index (χ1) is 10.6. The second-order valence-corrected chi connectivity index (χ2v) is 6.53. The maximum Gasteiger partial charge on any atom is 0.304 e. The number of hydrogen-bond donors (Lipinski definition) is 0. The van der Waals surface area contributed by atoms with E-state index >= 15 is 0 Å². The predicted octanol–water partition coefficient (Wildman–Crippen LogP) is 3.61. The summed E-state index contributed by atoms with van der Waals surface area (Å²) < 4.78 is 7.05. The fraction of sp³-hybridized carbons (Fsp3) is 0.267. The number of thiophene rings is 1. The highest BCUT2D eigenvalue weighted by atomic mass is 32.2. The summed E-state index contributed by atoms with van der Waals surface area (Å²) in [6.07, 6.45) is 1.86. The second kappa shape index (κ2) is 6.50. The molecule has 0 aromatic carbocycles. The van der Waals surface area contributed by atoms with Crippen molar-refractivity contribution in [1.82, 2.24) is 14.5 Å². The van der Waals surface area contributed by atoms with Crippen molar-refractivity contribution >= 4 is 40.1 Å². The Hall–Kier alpha value is -1.86. The summed E-state index contributed by atoms with van der Waals surface area (Å²) in [6, 6.07) is 4.07. The topological polar surface area (TPSA) is 57.0 Å². The van der Waals surface area contributed by atoms with E-state index in [0.717, 1.165) is 33.2 Å². The summed E-state index contributed by atoms with van der Waals surface area (Å²) in [5, 5.41) is 4.84. The number of esters is 1. The van der Waals surface area contributed by atoms with Gasteiger partial charge in [-0.25, -0.2) is 4.98 Å². The fourth-order valence-corrected chi connectivity index (χ4v) is 3.61. The van der Waals surface area contributed by atoms with Crippen molar-refractivity contribution in [2.45, 2.75) is 31.5 Å². The number of carbonyl (C=O) groups is 1. The van der Waals surface area contributed by atoms with Gasteiger partial charge in [-0.1, -0.05) is 17.8 Å². The minimum absolute atomic E-state index is 0.187. The lowest BCUT2D eigenvalue weighted by molar-refractivity contribution is -0.144. The van der Waals surface area contributed by atoms with Crippen LogP contribution < -0.4 is 0 Å². The molecule has 0 bridgehead atoms. The van der Waals surface area contributed by atoms with E-state index in [-0.39, 0.29) is 12.7 Å². The Morgan fingerprint density at radius 2 is 2.27 bits per heavy atom. The molecule has 3 heterocycles. The number of imidazole rings is 1. The van der Waals surface area contributed by atoms with Gasteiger partial charge in [0.2, 0.25) is 0 Å². The lowest BCUT2D eigenvalue weighted by atomic mass is 10.3. The molecule has 5 nitrogen and oxygen atoms in total. The van der Waals surface area contributed by atoms with Gasteiger partial charge >= 0.3 is 5.97 Å². The minimum Gasteiger partial charge on any atom is -0.444 e. The van der Waals surface area contributed by atoms with E-state index in [9.17, 15) is 4.79 Å². The third-order valence-corrected chi connectivity index (χ3v) is 4.81. The number of fused-ring (bicyclic) bond motifs is 1. The van der Waals surface area contributed by atoms with Crippen molar-refractivity contribution in [1.29, 1.82) is 0 Å². The number of hydrogen-bond acceptors (Lipinski definition) is 6. The van der Waals surface area contributed by atoms with Gasteiger partial charge < -0.3 is 4.74 Å². The van der Waals surface area contributed by atoms with Gasteiger partial charge in [0.15, 0.2) is 11.9 Å². The Morgan fingerprint density at radius 3 is 3.00 bits per heavy atom. The smallest absolute Gasteiger partial charge is 0.304 e. The van der Waals surface area contributed by atoms with Crippen LogP contribution in [0.5, 0.6) is 0 Å². The Bertz CT molecular complexity index is 793. The van der Waals surface area contributed by atoms with Crippen LogP contribution in [0.2, 0.25) is 0 Å². The van der Waals surface area contributed by atoms with Crippen molar-refractivity contribution in [3.05, 3.63) is 40.3 Å². The van der Waals surface area contributed by atoms with Crippen LogP contribution in [0, 0.1) is 6.92 Å². The van der Waals surface area contributed by atoms with Gasteiger partial charge in [0.05, 0.1) is 11.2 Å². The molecule has 0 saturated heterocycles. The molecule has 0 saturated carbocycles. The maximum atomic E-state index is 11.1. The molecule has 0 spiro atoms. The first-order valence-electron chi connectivity index (χ1n) is 6.73. The minimum atomic E-state index is -0.298. The number of carbonyl (C=O) groups excluding carboxylic acids is 1. The van der Waals surface area contributed by atoms with Gasteiger partial charge in [-0.05, 0) is 18.6 Å². The van der Waals surface area contributed by atoms with Crippen LogP contribution in [-0.2, 0) is 22.0 Å². The zero-order valence-corrected chi connectivity index (χ0v) is 13.9. The third kappa shape index (κ3) is 3.31. The lowest BCUT2D eigenvalue weighted by Gasteiger charge is -2.08. The van der Waals surface area contributed by atoms with Gasteiger partial charge in [-0.3, -0.25) is 14.3 Å². The molecule has 0 amide bonds. The largest absolute Gasteiger partial charge is 0.444 e. The highest BCUT2D eigenvalue weighted by Gasteiger charge is 2.13. The van der Waals surface area contributed by atoms with Crippen LogP contribution >= 0.6 is 23.1 Å². The molecular weight excluding hydrogens is 318 g/mol. The molecule has 0 aliphatic heterocycles. The molecule has 3 rings (SSSR count). The number of aromatic nitrogens is 3. The predicted molar refractivity (Wildman–Crippen MR) is 87.9 cm³/mol. The number of pyridine rings is 1. The van der Waals surface area contributed by atoms with Crippen molar-refractivity contribution in [3.63, 3.8) is 0 Å². The molecule has 22 heavy (non-hydrogen) atoms. The summed E-state index contributed by atoms with van der Waals surface area (Å²) in [5.41, 5.74) is 4.06. The van der Waals surface area contributed by atoms with Crippen LogP contribution in [0.1, 0.15) is 18.2 Å². The van der Waals surface area contributed by atoms with Crippen LogP contribution in [0.15, 0.2) is 34.2 Å². The monoisotopic (exact) mass is 333 g/mol. The first-order valence-corrected chi connectivity index (χ1v) is 8.66. The maximum absolute atomic E-state index is 11.1. The molecule has 7 heteroatoms. The zero-order chi connectivity index (χ0) is 15.5. The Kier molecular flexibility index (Phi) is 4.44. The zero-order valence-electron chi connectivity index (χ0n) is 12.3. The van der Waals surface area contributed by atoms with Gasteiger partial charge in [0.1, 0.15) is 5.52 Å². The number of thioether (sulfide) groups is 1. The SMILES string of the molecule is CC(=O)OCn1c(SCc2ccc(C)cn2)nc2cscc21. The lowest BCUT2D eigenvalue weighted by Crippen LogP contribution is -2.07. The summed E-state index contributed by atoms with van der Waals surface area (Å²) in [6.45, 7) is 3.61. The molecule has 0 radical (unpaired) electrons. The van der Waals surface area contributed by atoms with E-state index in [1.54, 1.807) is 23.1 Å². The third-order valence-electron chi connectivity index (χ3n) is 3.08.